The molecule has 0 spiro atoms. The number of hydrogen-bond donors (Lipinski definition) is 2. The molecule has 0 saturated carbocycles. The first-order chi connectivity index (χ1) is 7.07. The van der Waals surface area contributed by atoms with Crippen LogP contribution in [-0.2, 0) is 6.54 Å². The van der Waals surface area contributed by atoms with Crippen molar-refractivity contribution in [3.8, 4) is 6.07 Å². The zero-order valence-electron chi connectivity index (χ0n) is 9.08. The number of aliphatic hydroxyl groups is 1. The Balaban J connectivity index is 2.46. The standard InChI is InChI=1S/C11H16N2O2/c1-11(2,5-6-14)13-8-10-4-3-9(7-12)15-10/h3-4,13-14H,5-6,8H2,1-2H3. The van der Waals surface area contributed by atoms with Crippen LogP contribution in [-0.4, -0.2) is 17.3 Å². The number of furan rings is 1. The molecule has 0 bridgehead atoms. The lowest BCUT2D eigenvalue weighted by atomic mass is 10.0. The van der Waals surface area contributed by atoms with E-state index < -0.39 is 0 Å². The predicted molar refractivity (Wildman–Crippen MR) is 56.0 cm³/mol. The molecule has 2 N–H and O–H groups in total. The van der Waals surface area contributed by atoms with Crippen molar-refractivity contribution in [3.05, 3.63) is 23.7 Å². The molecule has 4 nitrogen and oxygen atoms in total. The SMILES string of the molecule is CC(C)(CCO)NCc1ccc(C#N)o1. The summed E-state index contributed by atoms with van der Waals surface area (Å²) in [5.74, 6) is 1.06. The van der Waals surface area contributed by atoms with E-state index in [1.165, 1.54) is 0 Å². The van der Waals surface area contributed by atoms with Gasteiger partial charge in [0, 0.05) is 12.1 Å². The first-order valence-electron chi connectivity index (χ1n) is 4.92. The van der Waals surface area contributed by atoms with Crippen LogP contribution in [0.4, 0.5) is 0 Å². The topological polar surface area (TPSA) is 69.2 Å². The summed E-state index contributed by atoms with van der Waals surface area (Å²) in [4.78, 5) is 0. The summed E-state index contributed by atoms with van der Waals surface area (Å²) in [6, 6.07) is 5.36. The first kappa shape index (κ1) is 11.8. The van der Waals surface area contributed by atoms with Gasteiger partial charge in [-0.2, -0.15) is 5.26 Å². The van der Waals surface area contributed by atoms with Gasteiger partial charge in [0.15, 0.2) is 0 Å². The van der Waals surface area contributed by atoms with Crippen LogP contribution in [0, 0.1) is 11.3 Å². The van der Waals surface area contributed by atoms with Gasteiger partial charge in [-0.3, -0.25) is 0 Å². The molecule has 0 atom stereocenters. The average Bonchev–Trinajstić information content (AvgIpc) is 2.62. The van der Waals surface area contributed by atoms with E-state index in [1.807, 2.05) is 19.9 Å². The fraction of sp³-hybridized carbons (Fsp3) is 0.545. The van der Waals surface area contributed by atoms with Gasteiger partial charge in [-0.1, -0.05) is 0 Å². The molecule has 4 heteroatoms. The van der Waals surface area contributed by atoms with Crippen LogP contribution in [0.2, 0.25) is 0 Å². The molecule has 0 fully saturated rings. The Bertz CT molecular complexity index is 350. The molecule has 0 saturated heterocycles. The lowest BCUT2D eigenvalue weighted by molar-refractivity contribution is 0.227. The third-order valence-electron chi connectivity index (χ3n) is 2.25. The van der Waals surface area contributed by atoms with Crippen molar-refractivity contribution >= 4 is 0 Å². The van der Waals surface area contributed by atoms with Crippen molar-refractivity contribution in [2.24, 2.45) is 0 Å². The van der Waals surface area contributed by atoms with Gasteiger partial charge in [0.2, 0.25) is 5.76 Å². The van der Waals surface area contributed by atoms with E-state index in [2.05, 4.69) is 5.32 Å². The fourth-order valence-corrected chi connectivity index (χ4v) is 1.23. The zero-order valence-corrected chi connectivity index (χ0v) is 9.08. The summed E-state index contributed by atoms with van der Waals surface area (Å²) in [6.07, 6.45) is 0.679. The highest BCUT2D eigenvalue weighted by atomic mass is 16.3. The maximum absolute atomic E-state index is 8.83. The van der Waals surface area contributed by atoms with E-state index >= 15 is 0 Å². The molecule has 82 valence electrons. The fourth-order valence-electron chi connectivity index (χ4n) is 1.23. The highest BCUT2D eigenvalue weighted by molar-refractivity contribution is 5.19. The minimum atomic E-state index is -0.131. The molecule has 0 unspecified atom stereocenters. The Morgan fingerprint density at radius 1 is 1.53 bits per heavy atom. The number of nitriles is 1. The molecule has 1 aromatic rings. The quantitative estimate of drug-likeness (QED) is 0.767. The largest absolute Gasteiger partial charge is 0.449 e. The molecule has 1 heterocycles. The lowest BCUT2D eigenvalue weighted by Crippen LogP contribution is -2.39. The molecule has 0 aromatic carbocycles. The van der Waals surface area contributed by atoms with Gasteiger partial charge >= 0.3 is 0 Å². The second-order valence-electron chi connectivity index (χ2n) is 4.09. The zero-order chi connectivity index (χ0) is 11.3. The summed E-state index contributed by atoms with van der Waals surface area (Å²) in [5, 5.41) is 20.7. The molecule has 1 rings (SSSR count). The predicted octanol–water partition coefficient (Wildman–Crippen LogP) is 1.40. The van der Waals surface area contributed by atoms with E-state index in [4.69, 9.17) is 14.8 Å². The monoisotopic (exact) mass is 208 g/mol. The van der Waals surface area contributed by atoms with E-state index in [1.54, 1.807) is 12.1 Å². The van der Waals surface area contributed by atoms with Crippen LogP contribution < -0.4 is 5.32 Å². The molecule has 0 amide bonds. The average molecular weight is 208 g/mol. The van der Waals surface area contributed by atoms with Crippen LogP contribution in [0.5, 0.6) is 0 Å². The maximum atomic E-state index is 8.83. The van der Waals surface area contributed by atoms with Gasteiger partial charge in [-0.05, 0) is 32.4 Å². The molecule has 0 aliphatic carbocycles. The van der Waals surface area contributed by atoms with Crippen LogP contribution in [0.3, 0.4) is 0 Å². The molecular formula is C11H16N2O2. The Morgan fingerprint density at radius 3 is 2.80 bits per heavy atom. The van der Waals surface area contributed by atoms with Gasteiger partial charge in [-0.25, -0.2) is 0 Å². The number of aliphatic hydroxyl groups excluding tert-OH is 1. The highest BCUT2D eigenvalue weighted by Crippen LogP contribution is 2.11. The van der Waals surface area contributed by atoms with Gasteiger partial charge in [0.25, 0.3) is 0 Å². The molecule has 0 aliphatic heterocycles. The van der Waals surface area contributed by atoms with Crippen molar-refractivity contribution < 1.29 is 9.52 Å². The van der Waals surface area contributed by atoms with Crippen LogP contribution in [0.15, 0.2) is 16.5 Å². The summed E-state index contributed by atoms with van der Waals surface area (Å²) in [7, 11) is 0. The Labute approximate surface area is 89.5 Å². The van der Waals surface area contributed by atoms with E-state index in [0.29, 0.717) is 18.7 Å². The second kappa shape index (κ2) is 4.96. The van der Waals surface area contributed by atoms with Crippen molar-refractivity contribution in [2.75, 3.05) is 6.61 Å². The normalized spacial score (nSPS) is 11.3. The van der Waals surface area contributed by atoms with Crippen molar-refractivity contribution in [1.29, 1.82) is 5.26 Å². The van der Waals surface area contributed by atoms with E-state index in [9.17, 15) is 0 Å². The summed E-state index contributed by atoms with van der Waals surface area (Å²) >= 11 is 0. The second-order valence-corrected chi connectivity index (χ2v) is 4.09. The number of hydrogen-bond acceptors (Lipinski definition) is 4. The summed E-state index contributed by atoms with van der Waals surface area (Å²) < 4.78 is 5.22. The number of nitrogens with zero attached hydrogens (tertiary/aromatic N) is 1. The van der Waals surface area contributed by atoms with Gasteiger partial charge in [-0.15, -0.1) is 0 Å². The minimum absolute atomic E-state index is 0.131. The number of nitrogens with one attached hydrogen (secondary N) is 1. The molecule has 0 radical (unpaired) electrons. The van der Waals surface area contributed by atoms with Crippen molar-refractivity contribution in [2.45, 2.75) is 32.4 Å². The van der Waals surface area contributed by atoms with E-state index in [-0.39, 0.29) is 12.1 Å². The van der Waals surface area contributed by atoms with E-state index in [0.717, 1.165) is 5.76 Å². The minimum Gasteiger partial charge on any atom is -0.449 e. The van der Waals surface area contributed by atoms with Crippen LogP contribution in [0.1, 0.15) is 31.8 Å². The molecule has 0 aliphatic rings. The summed E-state index contributed by atoms with van der Waals surface area (Å²) in [5.41, 5.74) is -0.131. The molecular weight excluding hydrogens is 192 g/mol. The number of rotatable bonds is 5. The van der Waals surface area contributed by atoms with Gasteiger partial charge in [0.05, 0.1) is 6.54 Å². The molecule has 1 aromatic heterocycles. The van der Waals surface area contributed by atoms with Gasteiger partial charge < -0.3 is 14.8 Å². The summed E-state index contributed by atoms with van der Waals surface area (Å²) in [6.45, 7) is 4.74. The Morgan fingerprint density at radius 2 is 2.27 bits per heavy atom. The van der Waals surface area contributed by atoms with Crippen molar-refractivity contribution in [3.63, 3.8) is 0 Å². The molecule has 15 heavy (non-hydrogen) atoms. The first-order valence-corrected chi connectivity index (χ1v) is 4.92. The Hall–Kier alpha value is -1.31. The maximum Gasteiger partial charge on any atom is 0.203 e. The highest BCUT2D eigenvalue weighted by Gasteiger charge is 2.16. The third-order valence-corrected chi connectivity index (χ3v) is 2.25. The van der Waals surface area contributed by atoms with Crippen molar-refractivity contribution in [1.82, 2.24) is 5.32 Å². The van der Waals surface area contributed by atoms with Crippen LogP contribution in [0.25, 0.3) is 0 Å². The Kier molecular flexibility index (Phi) is 3.89. The lowest BCUT2D eigenvalue weighted by Gasteiger charge is -2.24. The third kappa shape index (κ3) is 3.74. The van der Waals surface area contributed by atoms with Gasteiger partial charge in [0.1, 0.15) is 11.8 Å². The van der Waals surface area contributed by atoms with Crippen LogP contribution >= 0.6 is 0 Å². The smallest absolute Gasteiger partial charge is 0.203 e.